The third kappa shape index (κ3) is 5.61. The summed E-state index contributed by atoms with van der Waals surface area (Å²) in [5, 5.41) is 0. The number of anilines is 6. The fraction of sp³-hybridized carbons (Fsp3) is 0.429. The zero-order valence-corrected chi connectivity index (χ0v) is 34.3. The van der Waals surface area contributed by atoms with E-state index < -0.39 is 6.85 Å². The van der Waals surface area contributed by atoms with Crippen LogP contribution in [0.4, 0.5) is 34.1 Å². The van der Waals surface area contributed by atoms with Crippen LogP contribution in [0.15, 0.2) is 83.3 Å². The van der Waals surface area contributed by atoms with Crippen LogP contribution in [0.25, 0.3) is 0 Å². The number of hydrogen-bond acceptors (Lipinski definition) is 3. The second-order valence-corrected chi connectivity index (χ2v) is 20.4. The third-order valence-electron chi connectivity index (χ3n) is 12.4. The molecular weight excluding hydrogens is 643 g/mol. The van der Waals surface area contributed by atoms with Gasteiger partial charge in [0.25, 0.3) is 6.71 Å². The molecule has 0 radical (unpaired) electrons. The molecule has 274 valence electrons. The molecule has 3 nitrogen and oxygen atoms in total. The molecule has 0 saturated heterocycles. The lowest BCUT2D eigenvalue weighted by molar-refractivity contribution is 0.282. The van der Waals surface area contributed by atoms with Crippen LogP contribution >= 0.6 is 0 Å². The second kappa shape index (κ2) is 11.4. The Morgan fingerprint density at radius 1 is 0.604 bits per heavy atom. The highest BCUT2D eigenvalue weighted by molar-refractivity contribution is 6.99. The predicted octanol–water partition coefficient (Wildman–Crippen LogP) is 11.9. The lowest BCUT2D eigenvalue weighted by Gasteiger charge is -2.44. The average molecular weight is 706 g/mol. The van der Waals surface area contributed by atoms with E-state index in [1.165, 1.54) is 27.7 Å². The van der Waals surface area contributed by atoms with Crippen molar-refractivity contribution in [1.82, 2.24) is 0 Å². The molecule has 2 aliphatic heterocycles. The SMILES string of the molecule is [2H]C([2H])([2H])c1cc2c3c(c1)N(c1ccc(C(C)(C)C)cc1)c1c(oc4c1C(C)(C)CCC4(C)C)B3c1cc(C(C)(C)C)ccc1N2c1ccc(C(C)(C)C)cc1. The highest BCUT2D eigenvalue weighted by Gasteiger charge is 2.52. The Kier molecular flexibility index (Phi) is 6.95. The van der Waals surface area contributed by atoms with Crippen molar-refractivity contribution >= 4 is 57.4 Å². The number of nitrogens with zero attached hydrogens (tertiary/aromatic N) is 2. The van der Waals surface area contributed by atoms with Crippen LogP contribution in [-0.2, 0) is 27.1 Å². The van der Waals surface area contributed by atoms with Crippen LogP contribution in [0, 0.1) is 6.85 Å². The maximum Gasteiger partial charge on any atom is 0.297 e. The molecule has 0 fully saturated rings. The number of benzene rings is 4. The highest BCUT2D eigenvalue weighted by atomic mass is 16.3. The van der Waals surface area contributed by atoms with Crippen molar-refractivity contribution in [2.45, 2.75) is 137 Å². The molecular formula is C49H59BN2O. The van der Waals surface area contributed by atoms with Gasteiger partial charge in [0.2, 0.25) is 0 Å². The van der Waals surface area contributed by atoms with Gasteiger partial charge in [0.15, 0.2) is 0 Å². The molecule has 1 aliphatic carbocycles. The maximum absolute atomic E-state index is 8.87. The van der Waals surface area contributed by atoms with E-state index in [9.17, 15) is 0 Å². The van der Waals surface area contributed by atoms with Gasteiger partial charge in [-0.2, -0.15) is 0 Å². The highest BCUT2D eigenvalue weighted by Crippen LogP contribution is 2.54. The van der Waals surface area contributed by atoms with Crippen molar-refractivity contribution in [3.8, 4) is 0 Å². The van der Waals surface area contributed by atoms with Crippen molar-refractivity contribution in [2.24, 2.45) is 0 Å². The van der Waals surface area contributed by atoms with Crippen LogP contribution < -0.4 is 26.4 Å². The Labute approximate surface area is 324 Å². The first kappa shape index (κ1) is 32.3. The Morgan fingerprint density at radius 3 is 1.62 bits per heavy atom. The summed E-state index contributed by atoms with van der Waals surface area (Å²) in [6, 6.07) is 28.5. The standard InChI is InChI=1S/C49H59BN2O/c1-30-27-38-41-39(28-30)52(35-22-17-32(18-23-35)46(5,6)7)42-40-43(49(13,14)26-25-48(40,11)12)53-44(42)50(41)36-29-33(47(8,9)10)19-24-37(36)51(38)34-20-15-31(16-21-34)45(2,3)4/h15-24,27-29H,25-26H2,1-14H3/i1D3. The van der Waals surface area contributed by atoms with E-state index in [4.69, 9.17) is 8.53 Å². The fourth-order valence-electron chi connectivity index (χ4n) is 9.02. The lowest BCUT2D eigenvalue weighted by Crippen LogP contribution is -2.61. The molecule has 3 heterocycles. The summed E-state index contributed by atoms with van der Waals surface area (Å²) >= 11 is 0. The number of furan rings is 1. The molecule has 1 aromatic heterocycles. The normalized spacial score (nSPS) is 18.4. The molecule has 5 aromatic rings. The summed E-state index contributed by atoms with van der Waals surface area (Å²) in [7, 11) is 0. The molecule has 4 aromatic carbocycles. The maximum atomic E-state index is 8.87. The van der Waals surface area contributed by atoms with Crippen LogP contribution in [0.2, 0.25) is 0 Å². The van der Waals surface area contributed by atoms with Gasteiger partial charge >= 0.3 is 0 Å². The summed E-state index contributed by atoms with van der Waals surface area (Å²) in [5.74, 6) is 1.05. The zero-order valence-electron chi connectivity index (χ0n) is 37.3. The fourth-order valence-corrected chi connectivity index (χ4v) is 9.02. The van der Waals surface area contributed by atoms with Crippen LogP contribution in [0.3, 0.4) is 0 Å². The van der Waals surface area contributed by atoms with Gasteiger partial charge in [0.05, 0.1) is 11.3 Å². The van der Waals surface area contributed by atoms with Crippen LogP contribution in [0.1, 0.15) is 141 Å². The van der Waals surface area contributed by atoms with Crippen molar-refractivity contribution in [1.29, 1.82) is 0 Å². The Bertz CT molecular complexity index is 2360. The van der Waals surface area contributed by atoms with E-state index in [1.54, 1.807) is 0 Å². The van der Waals surface area contributed by atoms with Gasteiger partial charge in [-0.1, -0.05) is 126 Å². The first-order chi connectivity index (χ1) is 25.8. The molecule has 0 unspecified atom stereocenters. The minimum absolute atomic E-state index is 0.00915. The number of aryl methyl sites for hydroxylation is 1. The monoisotopic (exact) mass is 705 g/mol. The molecule has 8 rings (SSSR count). The Hall–Kier alpha value is -4.18. The van der Waals surface area contributed by atoms with Gasteiger partial charge in [0.1, 0.15) is 5.76 Å². The number of fused-ring (bicyclic) bond motifs is 6. The summed E-state index contributed by atoms with van der Waals surface area (Å²) in [6.45, 7) is 27.0. The zero-order chi connectivity index (χ0) is 40.7. The largest absolute Gasteiger partial charge is 0.472 e. The second-order valence-electron chi connectivity index (χ2n) is 20.4. The van der Waals surface area contributed by atoms with Crippen molar-refractivity contribution in [2.75, 3.05) is 9.80 Å². The van der Waals surface area contributed by atoms with E-state index in [0.717, 1.165) is 63.8 Å². The third-order valence-corrected chi connectivity index (χ3v) is 12.4. The van der Waals surface area contributed by atoms with E-state index in [-0.39, 0.29) is 33.8 Å². The summed E-state index contributed by atoms with van der Waals surface area (Å²) in [4.78, 5) is 4.67. The quantitative estimate of drug-likeness (QED) is 0.167. The molecule has 0 saturated carbocycles. The van der Waals surface area contributed by atoms with Gasteiger partial charge in [-0.25, -0.2) is 0 Å². The van der Waals surface area contributed by atoms with Gasteiger partial charge < -0.3 is 14.2 Å². The minimum atomic E-state index is -2.34. The molecule has 4 heteroatoms. The van der Waals surface area contributed by atoms with Gasteiger partial charge in [-0.15, -0.1) is 0 Å². The number of hydrogen-bond donors (Lipinski definition) is 0. The van der Waals surface area contributed by atoms with Crippen molar-refractivity contribution < 1.29 is 8.53 Å². The average Bonchev–Trinajstić information content (AvgIpc) is 3.51. The molecule has 53 heavy (non-hydrogen) atoms. The summed E-state index contributed by atoms with van der Waals surface area (Å²) < 4.78 is 34.1. The first-order valence-corrected chi connectivity index (χ1v) is 19.6. The molecule has 3 aliphatic rings. The van der Waals surface area contributed by atoms with Gasteiger partial charge in [-0.3, -0.25) is 0 Å². The Balaban J connectivity index is 1.53. The van der Waals surface area contributed by atoms with E-state index in [2.05, 4.69) is 167 Å². The van der Waals surface area contributed by atoms with E-state index >= 15 is 0 Å². The summed E-state index contributed by atoms with van der Waals surface area (Å²) in [6.07, 6.45) is 2.05. The van der Waals surface area contributed by atoms with E-state index in [0.29, 0.717) is 5.56 Å². The smallest absolute Gasteiger partial charge is 0.297 e. The first-order valence-electron chi connectivity index (χ1n) is 21.1. The van der Waals surface area contributed by atoms with Gasteiger partial charge in [0, 0.05) is 43.5 Å². The topological polar surface area (TPSA) is 19.6 Å². The molecule has 0 spiro atoms. The molecule has 0 N–H and O–H groups in total. The molecule has 0 atom stereocenters. The minimum Gasteiger partial charge on any atom is -0.472 e. The van der Waals surface area contributed by atoms with E-state index in [1.807, 2.05) is 12.1 Å². The van der Waals surface area contributed by atoms with Crippen LogP contribution in [-0.4, -0.2) is 6.71 Å². The lowest BCUT2D eigenvalue weighted by atomic mass is 9.35. The van der Waals surface area contributed by atoms with Crippen molar-refractivity contribution in [3.05, 3.63) is 112 Å². The Morgan fingerprint density at radius 2 is 1.09 bits per heavy atom. The van der Waals surface area contributed by atoms with Crippen molar-refractivity contribution in [3.63, 3.8) is 0 Å². The van der Waals surface area contributed by atoms with Gasteiger partial charge in [-0.05, 0) is 117 Å². The molecule has 0 bridgehead atoms. The predicted molar refractivity (Wildman–Crippen MR) is 229 cm³/mol. The number of rotatable bonds is 2. The summed E-state index contributed by atoms with van der Waals surface area (Å²) in [5.41, 5.74) is 14.0. The van der Waals surface area contributed by atoms with Crippen LogP contribution in [0.5, 0.6) is 0 Å². The molecule has 0 amide bonds.